The highest BCUT2D eigenvalue weighted by Gasteiger charge is 2.75. The van der Waals surface area contributed by atoms with E-state index in [0.717, 1.165) is 31.3 Å². The number of allylic oxidation sites excluding steroid dienone is 4. The molecule has 0 heterocycles. The fraction of sp³-hybridized carbons (Fsp3) is 0.792. The summed E-state index contributed by atoms with van der Waals surface area (Å²) in [7, 11) is 0. The predicted octanol–water partition coefficient (Wildman–Crippen LogP) is 9.78. The van der Waals surface area contributed by atoms with Gasteiger partial charge in [0.25, 0.3) is 0 Å². The fourth-order valence-corrected chi connectivity index (χ4v) is 11.7. The van der Waals surface area contributed by atoms with Gasteiger partial charge in [0.1, 0.15) is 23.1 Å². The van der Waals surface area contributed by atoms with E-state index in [9.17, 15) is 29.4 Å². The number of carbonyl (C=O) groups excluding carboxylic acids is 4. The van der Waals surface area contributed by atoms with Gasteiger partial charge in [-0.3, -0.25) is 19.2 Å². The monoisotopic (exact) mass is 781 g/mol. The lowest BCUT2D eigenvalue weighted by atomic mass is 9.38. The van der Waals surface area contributed by atoms with Crippen LogP contribution in [0.4, 0.5) is 0 Å². The molecule has 0 saturated heterocycles. The van der Waals surface area contributed by atoms with E-state index < -0.39 is 62.7 Å². The molecule has 9 atom stereocenters. The van der Waals surface area contributed by atoms with Gasteiger partial charge >= 0.3 is 5.97 Å². The molecule has 0 spiro atoms. The van der Waals surface area contributed by atoms with E-state index in [0.29, 0.717) is 19.4 Å². The zero-order chi connectivity index (χ0) is 41.7. The van der Waals surface area contributed by atoms with Crippen LogP contribution >= 0.6 is 0 Å². The minimum atomic E-state index is -1.89. The van der Waals surface area contributed by atoms with Crippen molar-refractivity contribution >= 4 is 23.3 Å². The molecule has 8 heteroatoms. The summed E-state index contributed by atoms with van der Waals surface area (Å²) in [6, 6.07) is 0. The van der Waals surface area contributed by atoms with E-state index in [4.69, 9.17) is 9.47 Å². The summed E-state index contributed by atoms with van der Waals surface area (Å²) < 4.78 is 12.2. The highest BCUT2D eigenvalue weighted by molar-refractivity contribution is 5.98. The van der Waals surface area contributed by atoms with Crippen molar-refractivity contribution in [3.8, 4) is 0 Å². The zero-order valence-corrected chi connectivity index (χ0v) is 36.6. The van der Waals surface area contributed by atoms with Crippen LogP contribution in [-0.4, -0.2) is 63.5 Å². The second kappa shape index (κ2) is 18.2. The molecule has 56 heavy (non-hydrogen) atoms. The molecule has 2 N–H and O–H groups in total. The quantitative estimate of drug-likeness (QED) is 0.0541. The van der Waals surface area contributed by atoms with Gasteiger partial charge in [-0.05, 0) is 121 Å². The molecule has 4 aliphatic carbocycles. The molecule has 3 fully saturated rings. The molecule has 0 aromatic rings. The predicted molar refractivity (Wildman–Crippen MR) is 222 cm³/mol. The smallest absolute Gasteiger partial charge is 0.303 e. The maximum absolute atomic E-state index is 14.8. The first kappa shape index (κ1) is 46.3. The lowest BCUT2D eigenvalue weighted by molar-refractivity contribution is -0.184. The van der Waals surface area contributed by atoms with Gasteiger partial charge in [-0.2, -0.15) is 0 Å². The first-order valence-corrected chi connectivity index (χ1v) is 22.0. The van der Waals surface area contributed by atoms with Crippen molar-refractivity contribution in [3.05, 3.63) is 36.0 Å². The van der Waals surface area contributed by atoms with Crippen LogP contribution in [0, 0.1) is 39.4 Å². The lowest BCUT2D eigenvalue weighted by Gasteiger charge is -2.64. The number of esters is 1. The van der Waals surface area contributed by atoms with E-state index in [-0.39, 0.29) is 36.2 Å². The van der Waals surface area contributed by atoms with Crippen molar-refractivity contribution in [1.82, 2.24) is 0 Å². The molecule has 0 aromatic heterocycles. The van der Waals surface area contributed by atoms with Gasteiger partial charge in [-0.15, -0.1) is 0 Å². The van der Waals surface area contributed by atoms with Crippen LogP contribution in [0.25, 0.3) is 0 Å². The number of rotatable bonds is 20. The summed E-state index contributed by atoms with van der Waals surface area (Å²) in [4.78, 5) is 53.9. The maximum Gasteiger partial charge on any atom is 0.303 e. The number of hydrogen-bond acceptors (Lipinski definition) is 8. The highest BCUT2D eigenvalue weighted by Crippen LogP contribution is 2.74. The standard InChI is InChI=1S/C48H76O8/c1-11-12-13-14-15-16-17-18-19-20-21-22-23-24-29-55-37-31-45(7)38-26-25-34-35(30-36(50)42(53)44(34,5)6)47(38,9)40(52)32-46(45,8)41(37)48(10,54)39(51)27-28-43(3,4)56-33(2)49/h17-18,25,27-28,35-38,41,50,54H,11-16,19-24,26,29-32H2,1-10H3/b18-17-,28-27+/t35-,36+,37-,38+,41?,45+,46-,47+,48+/m1/s1. The summed E-state index contributed by atoms with van der Waals surface area (Å²) >= 11 is 0. The van der Waals surface area contributed by atoms with Gasteiger partial charge in [0.05, 0.1) is 6.10 Å². The van der Waals surface area contributed by atoms with Gasteiger partial charge in [0, 0.05) is 36.7 Å². The van der Waals surface area contributed by atoms with Crippen molar-refractivity contribution in [2.45, 2.75) is 195 Å². The third-order valence-corrected chi connectivity index (χ3v) is 15.0. The Labute approximate surface area is 338 Å². The molecule has 0 aromatic carbocycles. The Morgan fingerprint density at radius 3 is 2.09 bits per heavy atom. The van der Waals surface area contributed by atoms with Crippen LogP contribution < -0.4 is 0 Å². The van der Waals surface area contributed by atoms with Crippen molar-refractivity contribution < 1.29 is 38.9 Å². The molecule has 316 valence electrons. The van der Waals surface area contributed by atoms with E-state index in [1.807, 2.05) is 20.8 Å². The van der Waals surface area contributed by atoms with E-state index in [1.54, 1.807) is 20.8 Å². The summed E-state index contributed by atoms with van der Waals surface area (Å²) in [5.74, 6) is -2.26. The van der Waals surface area contributed by atoms with Crippen LogP contribution in [0.1, 0.15) is 172 Å². The van der Waals surface area contributed by atoms with E-state index in [1.165, 1.54) is 70.4 Å². The van der Waals surface area contributed by atoms with Crippen molar-refractivity contribution in [2.75, 3.05) is 6.61 Å². The lowest BCUT2D eigenvalue weighted by Crippen LogP contribution is -2.65. The molecule has 0 amide bonds. The number of aliphatic hydroxyl groups excluding tert-OH is 1. The first-order valence-electron chi connectivity index (χ1n) is 22.0. The number of fused-ring (bicyclic) bond motifs is 5. The van der Waals surface area contributed by atoms with Crippen molar-refractivity contribution in [2.24, 2.45) is 39.4 Å². The highest BCUT2D eigenvalue weighted by atomic mass is 16.6. The Bertz CT molecular complexity index is 1520. The molecule has 8 nitrogen and oxygen atoms in total. The second-order valence-electron chi connectivity index (χ2n) is 19.8. The summed E-state index contributed by atoms with van der Waals surface area (Å²) in [6.07, 6.45) is 23.8. The van der Waals surface area contributed by atoms with Gasteiger partial charge in [-0.25, -0.2) is 0 Å². The largest absolute Gasteiger partial charge is 0.456 e. The summed E-state index contributed by atoms with van der Waals surface area (Å²) in [5, 5.41) is 23.5. The van der Waals surface area contributed by atoms with E-state index >= 15 is 0 Å². The van der Waals surface area contributed by atoms with Gasteiger partial charge in [-0.1, -0.05) is 96.4 Å². The Kier molecular flexibility index (Phi) is 15.1. The second-order valence-corrected chi connectivity index (χ2v) is 19.8. The molecule has 0 bridgehead atoms. The number of carbonyl (C=O) groups is 4. The van der Waals surface area contributed by atoms with Crippen LogP contribution in [0.3, 0.4) is 0 Å². The Hall–Kier alpha value is -2.42. The molecule has 0 radical (unpaired) electrons. The molecular weight excluding hydrogens is 705 g/mol. The zero-order valence-electron chi connectivity index (χ0n) is 36.6. The van der Waals surface area contributed by atoms with E-state index in [2.05, 4.69) is 39.0 Å². The molecule has 4 rings (SSSR count). The first-order chi connectivity index (χ1) is 26.1. The summed E-state index contributed by atoms with van der Waals surface area (Å²) in [6.45, 7) is 19.0. The topological polar surface area (TPSA) is 127 Å². The average Bonchev–Trinajstić information content (AvgIpc) is 3.34. The minimum absolute atomic E-state index is 0.0534. The number of hydrogen-bond donors (Lipinski definition) is 2. The Morgan fingerprint density at radius 1 is 0.893 bits per heavy atom. The summed E-state index contributed by atoms with van der Waals surface area (Å²) in [5.41, 5.74) is -5.01. The average molecular weight is 781 g/mol. The maximum atomic E-state index is 14.8. The van der Waals surface area contributed by atoms with Gasteiger partial charge < -0.3 is 19.7 Å². The van der Waals surface area contributed by atoms with Crippen LogP contribution in [-0.2, 0) is 28.7 Å². The SMILES string of the molecule is CCCCCCC/C=C\CCCCCCCO[C@@H]1C[C@@]2(C)[C@@H]3CC=C4[C@@H](C[C@H](O)C(=O)C4(C)C)[C@]3(C)C(=O)C[C@]2(C)C1[C@@](C)(O)C(=O)/C=C/C(C)(C)OC(C)=O. The number of Topliss-reactive ketones (excluding diaryl/α,β-unsaturated/α-hetero) is 2. The molecular formula is C48H76O8. The number of unbranched alkanes of at least 4 members (excludes halogenated alkanes) is 10. The third kappa shape index (κ3) is 9.23. The van der Waals surface area contributed by atoms with Crippen molar-refractivity contribution in [1.29, 1.82) is 0 Å². The van der Waals surface area contributed by atoms with Gasteiger partial charge in [0.2, 0.25) is 0 Å². The van der Waals surface area contributed by atoms with Crippen LogP contribution in [0.15, 0.2) is 36.0 Å². The Balaban J connectivity index is 1.53. The number of ether oxygens (including phenoxy) is 2. The normalized spacial score (nSPS) is 33.9. The Morgan fingerprint density at radius 2 is 1.48 bits per heavy atom. The van der Waals surface area contributed by atoms with Crippen LogP contribution in [0.5, 0.6) is 0 Å². The van der Waals surface area contributed by atoms with Crippen molar-refractivity contribution in [3.63, 3.8) is 0 Å². The third-order valence-electron chi connectivity index (χ3n) is 15.0. The molecule has 0 aliphatic heterocycles. The van der Waals surface area contributed by atoms with Gasteiger partial charge in [0.15, 0.2) is 11.6 Å². The number of ketones is 3. The molecule has 3 saturated carbocycles. The number of aliphatic hydroxyl groups is 2. The van der Waals surface area contributed by atoms with Crippen LogP contribution in [0.2, 0.25) is 0 Å². The fourth-order valence-electron chi connectivity index (χ4n) is 11.7. The minimum Gasteiger partial charge on any atom is -0.456 e. The molecule has 1 unspecified atom stereocenters. The molecule has 4 aliphatic rings.